The van der Waals surface area contributed by atoms with Crippen LogP contribution in [0.1, 0.15) is 29.9 Å². The van der Waals surface area contributed by atoms with Crippen LogP contribution < -0.4 is 0 Å². The number of rotatable bonds is 3. The minimum Gasteiger partial charge on any atom is -0.373 e. The van der Waals surface area contributed by atoms with E-state index in [1.165, 1.54) is 11.6 Å². The molecule has 0 N–H and O–H groups in total. The smallest absolute Gasteiger partial charge is 0.127 e. The Balaban J connectivity index is 1.42. The van der Waals surface area contributed by atoms with Crippen LogP contribution in [-0.4, -0.2) is 35.2 Å². The van der Waals surface area contributed by atoms with Crippen molar-refractivity contribution in [2.75, 3.05) is 19.7 Å². The van der Waals surface area contributed by atoms with E-state index in [-0.39, 0.29) is 11.4 Å². The zero-order valence-corrected chi connectivity index (χ0v) is 13.1. The number of hydrogen-bond donors (Lipinski definition) is 0. The second-order valence-electron chi connectivity index (χ2n) is 6.73. The monoisotopic (exact) mass is 312 g/mol. The average molecular weight is 312 g/mol. The molecular formula is C19H21FN2O. The van der Waals surface area contributed by atoms with E-state index >= 15 is 0 Å². The van der Waals surface area contributed by atoms with Crippen molar-refractivity contribution in [1.82, 2.24) is 9.88 Å². The Morgan fingerprint density at radius 1 is 1.26 bits per heavy atom. The maximum Gasteiger partial charge on any atom is 0.127 e. The number of likely N-dealkylation sites (tertiary alicyclic amines) is 1. The van der Waals surface area contributed by atoms with E-state index in [1.807, 2.05) is 24.4 Å². The number of nitrogens with zero attached hydrogens (tertiary/aromatic N) is 2. The van der Waals surface area contributed by atoms with E-state index in [4.69, 9.17) is 4.74 Å². The summed E-state index contributed by atoms with van der Waals surface area (Å²) < 4.78 is 20.0. The first-order valence-electron chi connectivity index (χ1n) is 8.24. The van der Waals surface area contributed by atoms with Gasteiger partial charge in [-0.1, -0.05) is 24.3 Å². The van der Waals surface area contributed by atoms with Crippen LogP contribution in [0.25, 0.3) is 0 Å². The average Bonchev–Trinajstić information content (AvgIpc) is 3.18. The van der Waals surface area contributed by atoms with Gasteiger partial charge in [0.25, 0.3) is 0 Å². The molecule has 2 atom stereocenters. The molecule has 2 saturated heterocycles. The quantitative estimate of drug-likeness (QED) is 0.869. The standard InChI is InChI=1S/C19H21FN2O/c20-18-6-2-1-4-16(18)12-22-9-7-19(14-22)10-17(13-23-19)15-5-3-8-21-11-15/h1-6,8,11,17H,7,9-10,12-14H2. The Bertz CT molecular complexity index is 678. The Morgan fingerprint density at radius 2 is 2.17 bits per heavy atom. The Hall–Kier alpha value is -1.78. The van der Waals surface area contributed by atoms with Crippen LogP contribution in [0.4, 0.5) is 4.39 Å². The number of pyridine rings is 1. The Kier molecular flexibility index (Phi) is 3.87. The zero-order chi connectivity index (χ0) is 15.7. The molecule has 120 valence electrons. The van der Waals surface area contributed by atoms with Gasteiger partial charge in [0, 0.05) is 43.5 Å². The highest BCUT2D eigenvalue weighted by Gasteiger charge is 2.45. The minimum absolute atomic E-state index is 0.0637. The van der Waals surface area contributed by atoms with Gasteiger partial charge in [0.2, 0.25) is 0 Å². The summed E-state index contributed by atoms with van der Waals surface area (Å²) in [5.74, 6) is 0.311. The van der Waals surface area contributed by atoms with Gasteiger partial charge in [-0.15, -0.1) is 0 Å². The minimum atomic E-state index is -0.117. The molecule has 2 unspecified atom stereocenters. The SMILES string of the molecule is Fc1ccccc1CN1CCC2(CC(c3cccnc3)CO2)C1. The number of ether oxygens (including phenoxy) is 1. The van der Waals surface area contributed by atoms with Gasteiger partial charge in [-0.2, -0.15) is 0 Å². The van der Waals surface area contributed by atoms with Crippen LogP contribution in [0.3, 0.4) is 0 Å². The summed E-state index contributed by atoms with van der Waals surface area (Å²) in [6.07, 6.45) is 5.81. The molecule has 0 aliphatic carbocycles. The molecule has 4 rings (SSSR count). The molecule has 2 aliphatic rings. The van der Waals surface area contributed by atoms with E-state index in [1.54, 1.807) is 12.3 Å². The highest BCUT2D eigenvalue weighted by Crippen LogP contribution is 2.42. The summed E-state index contributed by atoms with van der Waals surface area (Å²) in [4.78, 5) is 6.53. The van der Waals surface area contributed by atoms with Gasteiger partial charge in [-0.25, -0.2) is 4.39 Å². The Labute approximate surface area is 136 Å². The molecule has 4 heteroatoms. The molecule has 0 amide bonds. The summed E-state index contributed by atoms with van der Waals surface area (Å²) in [5.41, 5.74) is 1.97. The topological polar surface area (TPSA) is 25.4 Å². The Morgan fingerprint density at radius 3 is 3.00 bits per heavy atom. The van der Waals surface area contributed by atoms with Gasteiger partial charge in [0.1, 0.15) is 5.82 Å². The first-order chi connectivity index (χ1) is 11.2. The maximum atomic E-state index is 13.8. The maximum absolute atomic E-state index is 13.8. The predicted molar refractivity (Wildman–Crippen MR) is 86.6 cm³/mol. The number of benzene rings is 1. The molecule has 0 saturated carbocycles. The number of hydrogen-bond acceptors (Lipinski definition) is 3. The molecule has 1 aromatic carbocycles. The fraction of sp³-hybridized carbons (Fsp3) is 0.421. The lowest BCUT2D eigenvalue weighted by Crippen LogP contribution is -2.32. The molecular weight excluding hydrogens is 291 g/mol. The third-order valence-electron chi connectivity index (χ3n) is 5.11. The van der Waals surface area contributed by atoms with Crippen LogP contribution in [0.15, 0.2) is 48.8 Å². The molecule has 2 fully saturated rings. The van der Waals surface area contributed by atoms with Crippen molar-refractivity contribution in [1.29, 1.82) is 0 Å². The third kappa shape index (κ3) is 3.01. The van der Waals surface area contributed by atoms with E-state index < -0.39 is 0 Å². The molecule has 3 heterocycles. The van der Waals surface area contributed by atoms with Crippen molar-refractivity contribution in [2.24, 2.45) is 0 Å². The largest absolute Gasteiger partial charge is 0.373 e. The van der Waals surface area contributed by atoms with Crippen molar-refractivity contribution in [3.63, 3.8) is 0 Å². The molecule has 3 nitrogen and oxygen atoms in total. The van der Waals surface area contributed by atoms with Crippen molar-refractivity contribution in [2.45, 2.75) is 30.9 Å². The first-order valence-corrected chi connectivity index (χ1v) is 8.24. The predicted octanol–water partition coefficient (Wildman–Crippen LogP) is 3.37. The molecule has 1 spiro atoms. The zero-order valence-electron chi connectivity index (χ0n) is 13.1. The summed E-state index contributed by atoms with van der Waals surface area (Å²) in [6, 6.07) is 11.2. The molecule has 2 aliphatic heterocycles. The van der Waals surface area contributed by atoms with Gasteiger partial charge in [-0.3, -0.25) is 9.88 Å². The second-order valence-corrected chi connectivity index (χ2v) is 6.73. The van der Waals surface area contributed by atoms with Crippen molar-refractivity contribution in [3.05, 3.63) is 65.7 Å². The lowest BCUT2D eigenvalue weighted by atomic mass is 9.90. The van der Waals surface area contributed by atoms with Gasteiger partial charge >= 0.3 is 0 Å². The van der Waals surface area contributed by atoms with Crippen LogP contribution in [0.5, 0.6) is 0 Å². The van der Waals surface area contributed by atoms with Crippen molar-refractivity contribution >= 4 is 0 Å². The lowest BCUT2D eigenvalue weighted by molar-refractivity contribution is 0.0117. The number of aromatic nitrogens is 1. The highest BCUT2D eigenvalue weighted by molar-refractivity contribution is 5.20. The van der Waals surface area contributed by atoms with Crippen LogP contribution in [-0.2, 0) is 11.3 Å². The van der Waals surface area contributed by atoms with E-state index in [2.05, 4.69) is 16.0 Å². The van der Waals surface area contributed by atoms with Gasteiger partial charge in [0.15, 0.2) is 0 Å². The lowest BCUT2D eigenvalue weighted by Gasteiger charge is -2.23. The normalized spacial score (nSPS) is 27.8. The van der Waals surface area contributed by atoms with Crippen LogP contribution in [0.2, 0.25) is 0 Å². The summed E-state index contributed by atoms with van der Waals surface area (Å²) >= 11 is 0. The van der Waals surface area contributed by atoms with Gasteiger partial charge in [0.05, 0.1) is 12.2 Å². The molecule has 0 radical (unpaired) electrons. The van der Waals surface area contributed by atoms with Crippen LogP contribution in [0, 0.1) is 5.82 Å². The van der Waals surface area contributed by atoms with E-state index in [9.17, 15) is 4.39 Å². The van der Waals surface area contributed by atoms with E-state index in [0.717, 1.165) is 38.1 Å². The summed E-state index contributed by atoms with van der Waals surface area (Å²) in [5, 5.41) is 0. The number of halogens is 1. The second kappa shape index (κ2) is 6.02. The van der Waals surface area contributed by atoms with Crippen molar-refractivity contribution in [3.8, 4) is 0 Å². The van der Waals surface area contributed by atoms with Gasteiger partial charge in [-0.05, 0) is 30.5 Å². The highest BCUT2D eigenvalue weighted by atomic mass is 19.1. The first kappa shape index (κ1) is 14.8. The van der Waals surface area contributed by atoms with Crippen molar-refractivity contribution < 1.29 is 9.13 Å². The molecule has 0 bridgehead atoms. The molecule has 23 heavy (non-hydrogen) atoms. The van der Waals surface area contributed by atoms with E-state index in [0.29, 0.717) is 12.5 Å². The van der Waals surface area contributed by atoms with Gasteiger partial charge < -0.3 is 4.74 Å². The fourth-order valence-corrected chi connectivity index (χ4v) is 3.89. The molecule has 1 aromatic heterocycles. The fourth-order valence-electron chi connectivity index (χ4n) is 3.89. The summed E-state index contributed by atoms with van der Waals surface area (Å²) in [7, 11) is 0. The molecule has 2 aromatic rings. The van der Waals surface area contributed by atoms with Crippen LogP contribution >= 0.6 is 0 Å². The summed E-state index contributed by atoms with van der Waals surface area (Å²) in [6.45, 7) is 3.28. The third-order valence-corrected chi connectivity index (χ3v) is 5.11.